The molecule has 0 aliphatic rings. The van der Waals surface area contributed by atoms with Crippen LogP contribution in [-0.2, 0) is 0 Å². The zero-order valence-electron chi connectivity index (χ0n) is 23.2. The van der Waals surface area contributed by atoms with Crippen LogP contribution in [0.2, 0.25) is 0 Å². The van der Waals surface area contributed by atoms with Crippen LogP contribution in [0.15, 0.2) is 146 Å². The highest BCUT2D eigenvalue weighted by molar-refractivity contribution is 7.26. The van der Waals surface area contributed by atoms with Gasteiger partial charge in [0, 0.05) is 36.9 Å². The first-order valence-corrected chi connectivity index (χ1v) is 15.3. The molecule has 0 spiro atoms. The second kappa shape index (κ2) is 9.59. The highest BCUT2D eigenvalue weighted by atomic mass is 32.1. The minimum Gasteiger partial charge on any atom is -0.228 e. The zero-order valence-corrected chi connectivity index (χ0v) is 24.0. The number of hydrogen-bond acceptors (Lipinski definition) is 3. The molecule has 0 fully saturated rings. The zero-order chi connectivity index (χ0) is 28.3. The standard InChI is InChI=1S/C40H24N2S/c1-3-10-25(11-4-1)27-14-7-15-28(22-27)34-24-35(42-40(41-34)26-12-5-2-6-13-26)29-20-21-30-31-16-8-18-36-38(31)39-32(33(30)23-29)17-9-19-37(39)43-36/h1-24H. The van der Waals surface area contributed by atoms with Crippen LogP contribution in [0.5, 0.6) is 0 Å². The number of aromatic nitrogens is 2. The van der Waals surface area contributed by atoms with Gasteiger partial charge in [0.05, 0.1) is 11.4 Å². The first-order valence-electron chi connectivity index (χ1n) is 14.5. The molecule has 43 heavy (non-hydrogen) atoms. The smallest absolute Gasteiger partial charge is 0.160 e. The van der Waals surface area contributed by atoms with Crippen molar-refractivity contribution >= 4 is 53.1 Å². The SMILES string of the molecule is c1ccc(-c2cccc(-c3cc(-c4ccc5c(c4)c4cccc6sc7cccc5c7c64)nc(-c4ccccc4)n3)c2)cc1. The van der Waals surface area contributed by atoms with Crippen LogP contribution >= 0.6 is 11.3 Å². The molecular formula is C40H24N2S. The van der Waals surface area contributed by atoms with Crippen LogP contribution in [0.4, 0.5) is 0 Å². The van der Waals surface area contributed by atoms with Crippen LogP contribution < -0.4 is 0 Å². The molecule has 200 valence electrons. The quantitative estimate of drug-likeness (QED) is 0.199. The van der Waals surface area contributed by atoms with Gasteiger partial charge in [-0.1, -0.05) is 115 Å². The molecule has 0 bridgehead atoms. The van der Waals surface area contributed by atoms with Gasteiger partial charge in [-0.15, -0.1) is 11.3 Å². The second-order valence-electron chi connectivity index (χ2n) is 11.0. The average molecular weight is 565 g/mol. The van der Waals surface area contributed by atoms with E-state index in [1.54, 1.807) is 0 Å². The van der Waals surface area contributed by atoms with Crippen molar-refractivity contribution in [1.82, 2.24) is 9.97 Å². The van der Waals surface area contributed by atoms with Crippen LogP contribution in [0, 0.1) is 0 Å². The lowest BCUT2D eigenvalue weighted by molar-refractivity contribution is 1.18. The topological polar surface area (TPSA) is 25.8 Å². The summed E-state index contributed by atoms with van der Waals surface area (Å²) in [5, 5.41) is 7.90. The number of thiophene rings is 1. The largest absolute Gasteiger partial charge is 0.228 e. The summed E-state index contributed by atoms with van der Waals surface area (Å²) < 4.78 is 2.69. The number of fused-ring (bicyclic) bond motifs is 3. The maximum absolute atomic E-state index is 5.14. The second-order valence-corrected chi connectivity index (χ2v) is 12.1. The highest BCUT2D eigenvalue weighted by Gasteiger charge is 2.17. The monoisotopic (exact) mass is 564 g/mol. The summed E-state index contributed by atoms with van der Waals surface area (Å²) in [4.78, 5) is 10.2. The maximum atomic E-state index is 5.14. The Morgan fingerprint density at radius 3 is 1.60 bits per heavy atom. The Morgan fingerprint density at radius 1 is 0.349 bits per heavy atom. The Labute approximate surface area is 252 Å². The molecule has 0 N–H and O–H groups in total. The molecule has 0 atom stereocenters. The van der Waals surface area contributed by atoms with Gasteiger partial charge >= 0.3 is 0 Å². The van der Waals surface area contributed by atoms with Crippen molar-refractivity contribution in [3.8, 4) is 45.0 Å². The lowest BCUT2D eigenvalue weighted by Gasteiger charge is -2.13. The lowest BCUT2D eigenvalue weighted by atomic mass is 9.92. The summed E-state index contributed by atoms with van der Waals surface area (Å²) >= 11 is 1.88. The van der Waals surface area contributed by atoms with Crippen LogP contribution in [0.25, 0.3) is 86.7 Å². The lowest BCUT2D eigenvalue weighted by Crippen LogP contribution is -1.96. The molecular weight excluding hydrogens is 541 g/mol. The van der Waals surface area contributed by atoms with Crippen LogP contribution in [0.3, 0.4) is 0 Å². The molecule has 0 saturated heterocycles. The maximum Gasteiger partial charge on any atom is 0.160 e. The van der Waals surface area contributed by atoms with E-state index in [0.717, 1.165) is 33.9 Å². The van der Waals surface area contributed by atoms with Gasteiger partial charge in [0.25, 0.3) is 0 Å². The summed E-state index contributed by atoms with van der Waals surface area (Å²) in [6, 6.07) is 51.7. The normalized spacial score (nSPS) is 11.7. The number of benzene rings is 7. The van der Waals surface area contributed by atoms with Gasteiger partial charge in [-0.3, -0.25) is 0 Å². The van der Waals surface area contributed by atoms with Gasteiger partial charge in [-0.2, -0.15) is 0 Å². The predicted octanol–water partition coefficient (Wildman–Crippen LogP) is 11.3. The fraction of sp³-hybridized carbons (Fsp3) is 0. The van der Waals surface area contributed by atoms with E-state index in [9.17, 15) is 0 Å². The third-order valence-corrected chi connectivity index (χ3v) is 9.56. The molecule has 9 rings (SSSR count). The fourth-order valence-corrected chi connectivity index (χ4v) is 7.58. The van der Waals surface area contributed by atoms with E-state index in [1.807, 2.05) is 29.5 Å². The van der Waals surface area contributed by atoms with Crippen molar-refractivity contribution in [1.29, 1.82) is 0 Å². The molecule has 0 unspecified atom stereocenters. The molecule has 0 amide bonds. The van der Waals surface area contributed by atoms with Gasteiger partial charge in [0.2, 0.25) is 0 Å². The van der Waals surface area contributed by atoms with E-state index in [2.05, 4.69) is 127 Å². The third kappa shape index (κ3) is 3.93. The molecule has 2 aromatic heterocycles. The van der Waals surface area contributed by atoms with Crippen molar-refractivity contribution in [2.45, 2.75) is 0 Å². The van der Waals surface area contributed by atoms with E-state index in [-0.39, 0.29) is 0 Å². The highest BCUT2D eigenvalue weighted by Crippen LogP contribution is 2.45. The molecule has 9 aromatic rings. The Balaban J connectivity index is 1.28. The molecule has 0 aliphatic carbocycles. The Kier molecular flexibility index (Phi) is 5.40. The molecule has 0 aliphatic heterocycles. The molecule has 2 nitrogen and oxygen atoms in total. The number of nitrogens with zero attached hydrogens (tertiary/aromatic N) is 2. The average Bonchev–Trinajstić information content (AvgIpc) is 3.48. The van der Waals surface area contributed by atoms with Gasteiger partial charge in [-0.25, -0.2) is 9.97 Å². The molecule has 0 saturated carbocycles. The Hall–Kier alpha value is -5.38. The van der Waals surface area contributed by atoms with E-state index >= 15 is 0 Å². The summed E-state index contributed by atoms with van der Waals surface area (Å²) in [5.41, 5.74) is 7.34. The number of hydrogen-bond donors (Lipinski definition) is 0. The summed E-state index contributed by atoms with van der Waals surface area (Å²) in [7, 11) is 0. The van der Waals surface area contributed by atoms with Crippen molar-refractivity contribution < 1.29 is 0 Å². The molecule has 3 heteroatoms. The van der Waals surface area contributed by atoms with Crippen molar-refractivity contribution in [3.63, 3.8) is 0 Å². The van der Waals surface area contributed by atoms with E-state index < -0.39 is 0 Å². The van der Waals surface area contributed by atoms with Gasteiger partial charge in [-0.05, 0) is 63.0 Å². The van der Waals surface area contributed by atoms with Crippen molar-refractivity contribution in [3.05, 3.63) is 146 Å². The minimum atomic E-state index is 0.725. The first-order chi connectivity index (χ1) is 21.3. The van der Waals surface area contributed by atoms with Crippen molar-refractivity contribution in [2.75, 3.05) is 0 Å². The van der Waals surface area contributed by atoms with Gasteiger partial charge < -0.3 is 0 Å². The van der Waals surface area contributed by atoms with Crippen LogP contribution in [0.1, 0.15) is 0 Å². The summed E-state index contributed by atoms with van der Waals surface area (Å²) in [6.07, 6.45) is 0. The van der Waals surface area contributed by atoms with Gasteiger partial charge in [0.15, 0.2) is 5.82 Å². The summed E-state index contributed by atoms with van der Waals surface area (Å²) in [5.74, 6) is 0.725. The molecule has 7 aromatic carbocycles. The fourth-order valence-electron chi connectivity index (χ4n) is 6.42. The van der Waals surface area contributed by atoms with E-state index in [0.29, 0.717) is 0 Å². The summed E-state index contributed by atoms with van der Waals surface area (Å²) in [6.45, 7) is 0. The van der Waals surface area contributed by atoms with E-state index in [1.165, 1.54) is 52.8 Å². The number of rotatable bonds is 4. The molecule has 2 heterocycles. The minimum absolute atomic E-state index is 0.725. The predicted molar refractivity (Wildman–Crippen MR) is 183 cm³/mol. The first kappa shape index (κ1) is 24.2. The third-order valence-electron chi connectivity index (χ3n) is 8.44. The van der Waals surface area contributed by atoms with Crippen molar-refractivity contribution in [2.24, 2.45) is 0 Å². The van der Waals surface area contributed by atoms with Crippen LogP contribution in [-0.4, -0.2) is 9.97 Å². The van der Waals surface area contributed by atoms with Gasteiger partial charge in [0.1, 0.15) is 0 Å². The Bertz CT molecular complexity index is 2440. The van der Waals surface area contributed by atoms with E-state index in [4.69, 9.17) is 9.97 Å². The Morgan fingerprint density at radius 2 is 0.907 bits per heavy atom. The molecule has 0 radical (unpaired) electrons.